The highest BCUT2D eigenvalue weighted by atomic mass is 35.5. The third kappa shape index (κ3) is 6.14. The summed E-state index contributed by atoms with van der Waals surface area (Å²) in [6, 6.07) is 7.69. The predicted octanol–water partition coefficient (Wildman–Crippen LogP) is 1.77. The number of carbonyl (C=O) groups excluding carboxylic acids is 1. The SMILES string of the molecule is CCOC(=O)CNCc1ccc(OC)cc1.Cl. The van der Waals surface area contributed by atoms with E-state index in [1.165, 1.54) is 0 Å². The molecule has 4 nitrogen and oxygen atoms in total. The fourth-order valence-electron chi connectivity index (χ4n) is 1.26. The van der Waals surface area contributed by atoms with Crippen LogP contribution in [-0.2, 0) is 16.1 Å². The van der Waals surface area contributed by atoms with Gasteiger partial charge in [-0.3, -0.25) is 4.79 Å². The van der Waals surface area contributed by atoms with Gasteiger partial charge in [0.15, 0.2) is 0 Å². The number of hydrogen-bond acceptors (Lipinski definition) is 4. The number of nitrogens with one attached hydrogen (secondary N) is 1. The van der Waals surface area contributed by atoms with Crippen LogP contribution < -0.4 is 10.1 Å². The first-order chi connectivity index (χ1) is 7.76. The number of benzene rings is 1. The van der Waals surface area contributed by atoms with Crippen molar-refractivity contribution in [1.29, 1.82) is 0 Å². The summed E-state index contributed by atoms with van der Waals surface area (Å²) in [5, 5.41) is 3.01. The molecule has 0 aliphatic carbocycles. The van der Waals surface area contributed by atoms with Gasteiger partial charge in [-0.05, 0) is 24.6 Å². The Morgan fingerprint density at radius 3 is 2.47 bits per heavy atom. The lowest BCUT2D eigenvalue weighted by molar-refractivity contribution is -0.142. The maximum atomic E-state index is 11.0. The van der Waals surface area contributed by atoms with Gasteiger partial charge >= 0.3 is 5.97 Å². The summed E-state index contributed by atoms with van der Waals surface area (Å²) in [7, 11) is 1.63. The minimum atomic E-state index is -0.226. The Labute approximate surface area is 108 Å². The standard InChI is InChI=1S/C12H17NO3.ClH/c1-3-16-12(14)9-13-8-10-4-6-11(15-2)7-5-10;/h4-7,13H,3,8-9H2,1-2H3;1H. The molecule has 0 aliphatic heterocycles. The third-order valence-corrected chi connectivity index (χ3v) is 2.06. The van der Waals surface area contributed by atoms with Crippen molar-refractivity contribution >= 4 is 18.4 Å². The minimum absolute atomic E-state index is 0. The topological polar surface area (TPSA) is 47.6 Å². The van der Waals surface area contributed by atoms with Crippen LogP contribution >= 0.6 is 12.4 Å². The predicted molar refractivity (Wildman–Crippen MR) is 68.6 cm³/mol. The average Bonchev–Trinajstić information content (AvgIpc) is 2.30. The van der Waals surface area contributed by atoms with Gasteiger partial charge in [0.2, 0.25) is 0 Å². The fourth-order valence-corrected chi connectivity index (χ4v) is 1.26. The Balaban J connectivity index is 0.00000256. The Hall–Kier alpha value is -1.26. The summed E-state index contributed by atoms with van der Waals surface area (Å²) in [4.78, 5) is 11.0. The summed E-state index contributed by atoms with van der Waals surface area (Å²) in [5.41, 5.74) is 1.10. The van der Waals surface area contributed by atoms with Gasteiger partial charge in [-0.2, -0.15) is 0 Å². The molecule has 0 aromatic heterocycles. The number of methoxy groups -OCH3 is 1. The quantitative estimate of drug-likeness (QED) is 0.791. The zero-order chi connectivity index (χ0) is 11.8. The van der Waals surface area contributed by atoms with Crippen molar-refractivity contribution in [2.75, 3.05) is 20.3 Å². The van der Waals surface area contributed by atoms with E-state index >= 15 is 0 Å². The molecule has 1 rings (SSSR count). The highest BCUT2D eigenvalue weighted by Gasteiger charge is 2.00. The summed E-state index contributed by atoms with van der Waals surface area (Å²) < 4.78 is 9.84. The molecule has 96 valence electrons. The lowest BCUT2D eigenvalue weighted by atomic mass is 10.2. The maximum absolute atomic E-state index is 11.0. The highest BCUT2D eigenvalue weighted by molar-refractivity contribution is 5.85. The van der Waals surface area contributed by atoms with E-state index in [1.807, 2.05) is 24.3 Å². The van der Waals surface area contributed by atoms with E-state index in [4.69, 9.17) is 9.47 Å². The molecule has 1 aromatic carbocycles. The van der Waals surface area contributed by atoms with Crippen LogP contribution in [-0.4, -0.2) is 26.2 Å². The van der Waals surface area contributed by atoms with Crippen LogP contribution in [0.1, 0.15) is 12.5 Å². The summed E-state index contributed by atoms with van der Waals surface area (Å²) in [6.07, 6.45) is 0. The van der Waals surface area contributed by atoms with E-state index in [1.54, 1.807) is 14.0 Å². The Morgan fingerprint density at radius 2 is 1.94 bits per heavy atom. The monoisotopic (exact) mass is 259 g/mol. The van der Waals surface area contributed by atoms with Crippen molar-refractivity contribution in [3.05, 3.63) is 29.8 Å². The van der Waals surface area contributed by atoms with Gasteiger partial charge in [-0.1, -0.05) is 12.1 Å². The molecule has 0 radical (unpaired) electrons. The number of ether oxygens (including phenoxy) is 2. The van der Waals surface area contributed by atoms with Gasteiger partial charge in [0.05, 0.1) is 20.3 Å². The van der Waals surface area contributed by atoms with Crippen LogP contribution in [0.15, 0.2) is 24.3 Å². The highest BCUT2D eigenvalue weighted by Crippen LogP contribution is 2.10. The van der Waals surface area contributed by atoms with Crippen LogP contribution in [0.25, 0.3) is 0 Å². The van der Waals surface area contributed by atoms with Gasteiger partial charge < -0.3 is 14.8 Å². The smallest absolute Gasteiger partial charge is 0.319 e. The molecule has 17 heavy (non-hydrogen) atoms. The lowest BCUT2D eigenvalue weighted by Gasteiger charge is -2.05. The van der Waals surface area contributed by atoms with E-state index in [2.05, 4.69) is 5.32 Å². The Bertz CT molecular complexity index is 327. The number of hydrogen-bond donors (Lipinski definition) is 1. The second-order valence-electron chi connectivity index (χ2n) is 3.26. The van der Waals surface area contributed by atoms with Gasteiger partial charge in [0.1, 0.15) is 5.75 Å². The van der Waals surface area contributed by atoms with Gasteiger partial charge in [0.25, 0.3) is 0 Å². The maximum Gasteiger partial charge on any atom is 0.319 e. The van der Waals surface area contributed by atoms with Gasteiger partial charge in [-0.25, -0.2) is 0 Å². The zero-order valence-electron chi connectivity index (χ0n) is 10.1. The summed E-state index contributed by atoms with van der Waals surface area (Å²) in [5.74, 6) is 0.602. The lowest BCUT2D eigenvalue weighted by Crippen LogP contribution is -2.24. The molecule has 0 amide bonds. The molecule has 0 saturated carbocycles. The molecule has 0 aliphatic rings. The van der Waals surface area contributed by atoms with Gasteiger partial charge in [0, 0.05) is 6.54 Å². The molecule has 0 fully saturated rings. The van der Waals surface area contributed by atoms with Crippen molar-refractivity contribution in [2.24, 2.45) is 0 Å². The van der Waals surface area contributed by atoms with Crippen LogP contribution in [0.5, 0.6) is 5.75 Å². The van der Waals surface area contributed by atoms with Crippen molar-refractivity contribution in [1.82, 2.24) is 5.32 Å². The van der Waals surface area contributed by atoms with Crippen molar-refractivity contribution in [2.45, 2.75) is 13.5 Å². The first kappa shape index (κ1) is 15.7. The first-order valence-electron chi connectivity index (χ1n) is 5.25. The van der Waals surface area contributed by atoms with Gasteiger partial charge in [-0.15, -0.1) is 12.4 Å². The van der Waals surface area contributed by atoms with Crippen LogP contribution in [0.3, 0.4) is 0 Å². The van der Waals surface area contributed by atoms with Crippen molar-refractivity contribution < 1.29 is 14.3 Å². The average molecular weight is 260 g/mol. The molecule has 0 saturated heterocycles. The zero-order valence-corrected chi connectivity index (χ0v) is 10.9. The van der Waals surface area contributed by atoms with Crippen LogP contribution in [0, 0.1) is 0 Å². The minimum Gasteiger partial charge on any atom is -0.497 e. The third-order valence-electron chi connectivity index (χ3n) is 2.06. The van der Waals surface area contributed by atoms with E-state index in [0.717, 1.165) is 11.3 Å². The van der Waals surface area contributed by atoms with E-state index in [9.17, 15) is 4.79 Å². The summed E-state index contributed by atoms with van der Waals surface area (Å²) >= 11 is 0. The molecule has 0 bridgehead atoms. The number of halogens is 1. The summed E-state index contributed by atoms with van der Waals surface area (Å²) in [6.45, 7) is 3.09. The van der Waals surface area contributed by atoms with Crippen molar-refractivity contribution in [3.8, 4) is 5.75 Å². The second-order valence-corrected chi connectivity index (χ2v) is 3.26. The molecule has 0 spiro atoms. The molecular formula is C12H18ClNO3. The molecule has 0 unspecified atom stereocenters. The molecular weight excluding hydrogens is 242 g/mol. The Morgan fingerprint density at radius 1 is 1.29 bits per heavy atom. The van der Waals surface area contributed by atoms with Crippen molar-refractivity contribution in [3.63, 3.8) is 0 Å². The van der Waals surface area contributed by atoms with E-state index in [0.29, 0.717) is 13.2 Å². The normalized spacial score (nSPS) is 9.29. The number of rotatable bonds is 6. The van der Waals surface area contributed by atoms with E-state index < -0.39 is 0 Å². The van der Waals surface area contributed by atoms with Crippen LogP contribution in [0.2, 0.25) is 0 Å². The fraction of sp³-hybridized carbons (Fsp3) is 0.417. The molecule has 5 heteroatoms. The van der Waals surface area contributed by atoms with E-state index in [-0.39, 0.29) is 24.9 Å². The Kier molecular flexibility index (Phi) is 8.19. The second kappa shape index (κ2) is 8.84. The largest absolute Gasteiger partial charge is 0.497 e. The molecule has 1 aromatic rings. The van der Waals surface area contributed by atoms with Crippen LogP contribution in [0.4, 0.5) is 0 Å². The molecule has 0 heterocycles. The molecule has 0 atom stereocenters. The first-order valence-corrected chi connectivity index (χ1v) is 5.25. The molecule has 1 N–H and O–H groups in total. The number of carbonyl (C=O) groups is 1. The number of esters is 1.